The summed E-state index contributed by atoms with van der Waals surface area (Å²) in [5.74, 6) is 0.647. The van der Waals surface area contributed by atoms with Crippen LogP contribution in [0.25, 0.3) is 0 Å². The van der Waals surface area contributed by atoms with Crippen molar-refractivity contribution in [2.24, 2.45) is 10.7 Å². The lowest BCUT2D eigenvalue weighted by Crippen LogP contribution is -2.41. The minimum absolute atomic E-state index is 0. The van der Waals surface area contributed by atoms with Crippen molar-refractivity contribution >= 4 is 53.1 Å². The second-order valence-electron chi connectivity index (χ2n) is 6.27. The van der Waals surface area contributed by atoms with Crippen LogP contribution in [-0.2, 0) is 5.41 Å². The zero-order chi connectivity index (χ0) is 15.0. The number of hydrogen-bond acceptors (Lipinski definition) is 1. The fourth-order valence-electron chi connectivity index (χ4n) is 3.03. The van der Waals surface area contributed by atoms with Gasteiger partial charge in [0.15, 0.2) is 5.96 Å². The fourth-order valence-corrected chi connectivity index (χ4v) is 3.64. The Hall–Kier alpha value is -0.200. The zero-order valence-corrected chi connectivity index (χ0v) is 16.5. The zero-order valence-electron chi connectivity index (χ0n) is 12.7. The first-order valence-corrected chi connectivity index (χ1v) is 8.26. The number of nitrogens with two attached hydrogens (primary N) is 1. The molecule has 0 heterocycles. The van der Waals surface area contributed by atoms with Gasteiger partial charge in [-0.05, 0) is 43.4 Å². The highest BCUT2D eigenvalue weighted by molar-refractivity contribution is 14.0. The standard InChI is InChI=1S/C16H21Cl2N3.HI/c1-21(12-4-5-12)15(19)20-10-16(7-2-8-16)13-6-3-11(17)9-14(13)18;/h3,6,9,12H,2,4-5,7-8,10H2,1H3,(H2,19,20);1H. The monoisotopic (exact) mass is 453 g/mol. The summed E-state index contributed by atoms with van der Waals surface area (Å²) in [4.78, 5) is 6.74. The second kappa shape index (κ2) is 7.14. The number of guanidine groups is 1. The van der Waals surface area contributed by atoms with Gasteiger partial charge in [-0.15, -0.1) is 24.0 Å². The van der Waals surface area contributed by atoms with Gasteiger partial charge in [0.25, 0.3) is 0 Å². The van der Waals surface area contributed by atoms with Crippen molar-refractivity contribution in [1.82, 2.24) is 4.90 Å². The highest BCUT2D eigenvalue weighted by Gasteiger charge is 2.40. The molecule has 2 fully saturated rings. The molecule has 122 valence electrons. The Balaban J connectivity index is 0.00000176. The molecule has 0 aromatic heterocycles. The summed E-state index contributed by atoms with van der Waals surface area (Å²) >= 11 is 12.4. The Labute approximate surface area is 159 Å². The number of halogens is 3. The molecule has 2 aliphatic carbocycles. The number of aliphatic imine (C=N–C) groups is 1. The van der Waals surface area contributed by atoms with Crippen molar-refractivity contribution in [2.45, 2.75) is 43.6 Å². The average molecular weight is 454 g/mol. The van der Waals surface area contributed by atoms with Crippen LogP contribution in [0.3, 0.4) is 0 Å². The maximum Gasteiger partial charge on any atom is 0.191 e. The highest BCUT2D eigenvalue weighted by Crippen LogP contribution is 2.47. The first kappa shape index (κ1) is 18.1. The average Bonchev–Trinajstić information content (AvgIpc) is 3.22. The molecule has 2 aliphatic rings. The summed E-state index contributed by atoms with van der Waals surface area (Å²) in [6.45, 7) is 0.706. The summed E-state index contributed by atoms with van der Waals surface area (Å²) in [7, 11) is 2.03. The first-order chi connectivity index (χ1) is 10.0. The van der Waals surface area contributed by atoms with Gasteiger partial charge in [0, 0.05) is 28.5 Å². The van der Waals surface area contributed by atoms with Gasteiger partial charge < -0.3 is 10.6 Å². The third-order valence-electron chi connectivity index (χ3n) is 4.81. The van der Waals surface area contributed by atoms with E-state index in [1.807, 2.05) is 25.2 Å². The molecule has 0 saturated heterocycles. The Morgan fingerprint density at radius 3 is 2.55 bits per heavy atom. The van der Waals surface area contributed by atoms with Crippen LogP contribution >= 0.6 is 47.2 Å². The lowest BCUT2D eigenvalue weighted by molar-refractivity contribution is 0.253. The molecule has 0 atom stereocenters. The molecule has 2 saturated carbocycles. The molecule has 0 unspecified atom stereocenters. The summed E-state index contributed by atoms with van der Waals surface area (Å²) in [6, 6.07) is 6.36. The van der Waals surface area contributed by atoms with Gasteiger partial charge in [-0.1, -0.05) is 35.7 Å². The smallest absolute Gasteiger partial charge is 0.191 e. The lowest BCUT2D eigenvalue weighted by atomic mass is 9.64. The maximum absolute atomic E-state index is 6.39. The minimum atomic E-state index is 0. The topological polar surface area (TPSA) is 41.6 Å². The third kappa shape index (κ3) is 3.65. The largest absolute Gasteiger partial charge is 0.370 e. The fraction of sp³-hybridized carbons (Fsp3) is 0.562. The summed E-state index contributed by atoms with van der Waals surface area (Å²) < 4.78 is 0. The molecular weight excluding hydrogens is 432 g/mol. The molecule has 2 N–H and O–H groups in total. The van der Waals surface area contributed by atoms with Crippen molar-refractivity contribution in [3.8, 4) is 0 Å². The van der Waals surface area contributed by atoms with Gasteiger partial charge in [0.1, 0.15) is 0 Å². The van der Waals surface area contributed by atoms with E-state index in [-0.39, 0.29) is 29.4 Å². The molecule has 22 heavy (non-hydrogen) atoms. The van der Waals surface area contributed by atoms with Crippen molar-refractivity contribution in [3.63, 3.8) is 0 Å². The second-order valence-corrected chi connectivity index (χ2v) is 7.12. The van der Waals surface area contributed by atoms with Crippen molar-refractivity contribution < 1.29 is 0 Å². The van der Waals surface area contributed by atoms with Gasteiger partial charge in [0.05, 0.1) is 6.54 Å². The van der Waals surface area contributed by atoms with Crippen molar-refractivity contribution in [1.29, 1.82) is 0 Å². The molecule has 1 aromatic rings. The maximum atomic E-state index is 6.39. The molecular formula is C16H22Cl2IN3. The number of rotatable bonds is 4. The van der Waals surface area contributed by atoms with E-state index in [2.05, 4.69) is 9.89 Å². The van der Waals surface area contributed by atoms with E-state index >= 15 is 0 Å². The molecule has 6 heteroatoms. The number of nitrogens with zero attached hydrogens (tertiary/aromatic N) is 2. The molecule has 3 rings (SSSR count). The minimum Gasteiger partial charge on any atom is -0.370 e. The molecule has 3 nitrogen and oxygen atoms in total. The van der Waals surface area contributed by atoms with Crippen LogP contribution in [0.5, 0.6) is 0 Å². The van der Waals surface area contributed by atoms with Crippen LogP contribution in [0.1, 0.15) is 37.7 Å². The van der Waals surface area contributed by atoms with Crippen LogP contribution in [0.2, 0.25) is 10.0 Å². The molecule has 0 bridgehead atoms. The highest BCUT2D eigenvalue weighted by atomic mass is 127. The van der Waals surface area contributed by atoms with Gasteiger partial charge in [-0.25, -0.2) is 0 Å². The predicted molar refractivity (Wildman–Crippen MR) is 105 cm³/mol. The third-order valence-corrected chi connectivity index (χ3v) is 5.36. The number of benzene rings is 1. The van der Waals surface area contributed by atoms with Crippen LogP contribution in [0.4, 0.5) is 0 Å². The first-order valence-electron chi connectivity index (χ1n) is 7.50. The Bertz CT molecular complexity index is 569. The molecule has 0 spiro atoms. The van der Waals surface area contributed by atoms with Crippen molar-refractivity contribution in [3.05, 3.63) is 33.8 Å². The predicted octanol–water partition coefficient (Wildman–Crippen LogP) is 4.44. The SMILES string of the molecule is CN(C(N)=NCC1(c2ccc(Cl)cc2Cl)CCC1)C1CC1.I. The summed E-state index contributed by atoms with van der Waals surface area (Å²) in [5.41, 5.74) is 7.30. The van der Waals surface area contributed by atoms with Gasteiger partial charge in [-0.2, -0.15) is 0 Å². The van der Waals surface area contributed by atoms with E-state index < -0.39 is 0 Å². The quantitative estimate of drug-likeness (QED) is 0.416. The van der Waals surface area contributed by atoms with E-state index in [0.717, 1.165) is 23.4 Å². The van der Waals surface area contributed by atoms with Gasteiger partial charge in [-0.3, -0.25) is 4.99 Å². The van der Waals surface area contributed by atoms with E-state index in [4.69, 9.17) is 28.9 Å². The van der Waals surface area contributed by atoms with Crippen LogP contribution < -0.4 is 5.73 Å². The summed E-state index contributed by atoms with van der Waals surface area (Å²) in [6.07, 6.45) is 5.88. The van der Waals surface area contributed by atoms with Crippen LogP contribution in [0, 0.1) is 0 Å². The van der Waals surface area contributed by atoms with E-state index in [1.54, 1.807) is 0 Å². The lowest BCUT2D eigenvalue weighted by Gasteiger charge is -2.42. The van der Waals surface area contributed by atoms with Crippen molar-refractivity contribution in [2.75, 3.05) is 13.6 Å². The summed E-state index contributed by atoms with van der Waals surface area (Å²) in [5, 5.41) is 1.42. The van der Waals surface area contributed by atoms with Gasteiger partial charge in [0.2, 0.25) is 0 Å². The normalized spacial score (nSPS) is 20.0. The van der Waals surface area contributed by atoms with E-state index in [0.29, 0.717) is 23.6 Å². The van der Waals surface area contributed by atoms with E-state index in [9.17, 15) is 0 Å². The Morgan fingerprint density at radius 1 is 1.36 bits per heavy atom. The molecule has 0 amide bonds. The Kier molecular flexibility index (Phi) is 5.89. The van der Waals surface area contributed by atoms with Gasteiger partial charge >= 0.3 is 0 Å². The molecule has 0 radical (unpaired) electrons. The van der Waals surface area contributed by atoms with E-state index in [1.165, 1.54) is 19.3 Å². The molecule has 1 aromatic carbocycles. The Morgan fingerprint density at radius 2 is 2.05 bits per heavy atom. The molecule has 0 aliphatic heterocycles. The van der Waals surface area contributed by atoms with Crippen LogP contribution in [-0.4, -0.2) is 30.5 Å². The number of hydrogen-bond donors (Lipinski definition) is 1. The van der Waals surface area contributed by atoms with Crippen LogP contribution in [0.15, 0.2) is 23.2 Å².